The highest BCUT2D eigenvalue weighted by atomic mass is 16.5. The van der Waals surface area contributed by atoms with E-state index in [9.17, 15) is 9.90 Å². The van der Waals surface area contributed by atoms with Gasteiger partial charge < -0.3 is 20.1 Å². The number of carbonyl (C=O) groups is 1. The Balaban J connectivity index is 1.70. The highest BCUT2D eigenvalue weighted by molar-refractivity contribution is 5.78. The highest BCUT2D eigenvalue weighted by Gasteiger charge is 2.29. The summed E-state index contributed by atoms with van der Waals surface area (Å²) in [5, 5.41) is 13.5. The highest BCUT2D eigenvalue weighted by Crippen LogP contribution is 2.19. The number of hydrogen-bond donors (Lipinski definition) is 2. The first kappa shape index (κ1) is 18.6. The Morgan fingerprint density at radius 3 is 2.43 bits per heavy atom. The van der Waals surface area contributed by atoms with Crippen LogP contribution in [0.15, 0.2) is 0 Å². The van der Waals surface area contributed by atoms with E-state index in [2.05, 4.69) is 29.0 Å². The van der Waals surface area contributed by atoms with Gasteiger partial charge >= 0.3 is 0 Å². The summed E-state index contributed by atoms with van der Waals surface area (Å²) in [4.78, 5) is 16.9. The molecule has 1 amide bonds. The first-order valence-corrected chi connectivity index (χ1v) is 8.91. The van der Waals surface area contributed by atoms with Crippen LogP contribution in [0.5, 0.6) is 0 Å². The molecule has 6 nitrogen and oxygen atoms in total. The normalized spacial score (nSPS) is 24.6. The number of amides is 1. The Kier molecular flexibility index (Phi) is 6.83. The average molecular weight is 327 g/mol. The van der Waals surface area contributed by atoms with Crippen LogP contribution in [0, 0.1) is 5.92 Å². The number of ether oxygens (including phenoxy) is 1. The van der Waals surface area contributed by atoms with Gasteiger partial charge in [0.1, 0.15) is 0 Å². The van der Waals surface area contributed by atoms with Gasteiger partial charge in [-0.2, -0.15) is 0 Å². The Labute approximate surface area is 140 Å². The molecule has 23 heavy (non-hydrogen) atoms. The molecular weight excluding hydrogens is 294 g/mol. The molecule has 6 heteroatoms. The molecule has 1 atom stereocenters. The van der Waals surface area contributed by atoms with Gasteiger partial charge in [0.2, 0.25) is 5.91 Å². The molecule has 2 fully saturated rings. The molecule has 0 aromatic heterocycles. The maximum absolute atomic E-state index is 12.3. The zero-order valence-electron chi connectivity index (χ0n) is 14.9. The summed E-state index contributed by atoms with van der Waals surface area (Å²) in [6.07, 6.45) is 1.82. The summed E-state index contributed by atoms with van der Waals surface area (Å²) in [5.74, 6) is 0.180. The van der Waals surface area contributed by atoms with Gasteiger partial charge in [0.15, 0.2) is 0 Å². The van der Waals surface area contributed by atoms with Crippen molar-refractivity contribution in [3.63, 3.8) is 0 Å². The Bertz CT molecular complexity index is 373. The lowest BCUT2D eigenvalue weighted by Gasteiger charge is -2.35. The number of piperidine rings is 1. The molecule has 2 aliphatic heterocycles. The maximum Gasteiger partial charge on any atom is 0.223 e. The zero-order valence-corrected chi connectivity index (χ0v) is 14.9. The van der Waals surface area contributed by atoms with Crippen LogP contribution < -0.4 is 5.32 Å². The maximum atomic E-state index is 12.3. The van der Waals surface area contributed by atoms with Crippen LogP contribution in [0.2, 0.25) is 0 Å². The van der Waals surface area contributed by atoms with Gasteiger partial charge in [0.05, 0.1) is 18.8 Å². The molecule has 1 unspecified atom stereocenters. The third-order valence-corrected chi connectivity index (χ3v) is 4.94. The quantitative estimate of drug-likeness (QED) is 0.735. The summed E-state index contributed by atoms with van der Waals surface area (Å²) in [7, 11) is 0. The third-order valence-electron chi connectivity index (χ3n) is 4.94. The van der Waals surface area contributed by atoms with Crippen molar-refractivity contribution in [1.82, 2.24) is 15.1 Å². The van der Waals surface area contributed by atoms with Crippen LogP contribution in [-0.2, 0) is 9.53 Å². The second-order valence-corrected chi connectivity index (χ2v) is 7.51. The van der Waals surface area contributed by atoms with E-state index in [1.54, 1.807) is 6.92 Å². The van der Waals surface area contributed by atoms with Crippen molar-refractivity contribution >= 4 is 5.91 Å². The van der Waals surface area contributed by atoms with Crippen LogP contribution in [0.3, 0.4) is 0 Å². The van der Waals surface area contributed by atoms with Crippen molar-refractivity contribution in [1.29, 1.82) is 0 Å². The molecule has 2 saturated heterocycles. The minimum absolute atomic E-state index is 0.0872. The van der Waals surface area contributed by atoms with Gasteiger partial charge in [-0.05, 0) is 46.7 Å². The fourth-order valence-electron chi connectivity index (χ4n) is 3.40. The van der Waals surface area contributed by atoms with Gasteiger partial charge in [0, 0.05) is 38.1 Å². The van der Waals surface area contributed by atoms with Crippen molar-refractivity contribution in [2.75, 3.05) is 52.5 Å². The second-order valence-electron chi connectivity index (χ2n) is 7.51. The van der Waals surface area contributed by atoms with Crippen molar-refractivity contribution in [2.45, 2.75) is 45.3 Å². The number of morpholine rings is 1. The van der Waals surface area contributed by atoms with E-state index in [4.69, 9.17) is 4.74 Å². The van der Waals surface area contributed by atoms with E-state index < -0.39 is 5.60 Å². The fraction of sp³-hybridized carbons (Fsp3) is 0.941. The van der Waals surface area contributed by atoms with Crippen molar-refractivity contribution in [3.05, 3.63) is 0 Å². The van der Waals surface area contributed by atoms with E-state index in [1.165, 1.54) is 0 Å². The van der Waals surface area contributed by atoms with Crippen molar-refractivity contribution in [3.8, 4) is 0 Å². The lowest BCUT2D eigenvalue weighted by atomic mass is 9.94. The molecule has 2 heterocycles. The second kappa shape index (κ2) is 8.42. The molecule has 0 radical (unpaired) electrons. The molecule has 2 rings (SSSR count). The minimum Gasteiger partial charge on any atom is -0.387 e. The van der Waals surface area contributed by atoms with Crippen LogP contribution in [-0.4, -0.2) is 84.9 Å². The molecule has 0 bridgehead atoms. The molecule has 0 saturated carbocycles. The van der Waals surface area contributed by atoms with Gasteiger partial charge in [-0.1, -0.05) is 0 Å². The lowest BCUT2D eigenvalue weighted by molar-refractivity contribution is -0.128. The predicted octanol–water partition coefficient (Wildman–Crippen LogP) is 0.306. The standard InChI is InChI=1S/C17H33N3O3/c1-14(2)20-6-4-15(5-7-20)16(21)18-12-17(3,22)13-19-8-10-23-11-9-19/h14-15,22H,4-13H2,1-3H3,(H,18,21). The molecule has 0 aliphatic carbocycles. The number of rotatable bonds is 6. The molecular formula is C17H33N3O3. The van der Waals surface area contributed by atoms with E-state index in [-0.39, 0.29) is 11.8 Å². The predicted molar refractivity (Wildman–Crippen MR) is 90.3 cm³/mol. The summed E-state index contributed by atoms with van der Waals surface area (Å²) in [6, 6.07) is 0.549. The van der Waals surface area contributed by atoms with Crippen molar-refractivity contribution in [2.24, 2.45) is 5.92 Å². The number of aliphatic hydroxyl groups is 1. The summed E-state index contributed by atoms with van der Waals surface area (Å²) in [6.45, 7) is 12.2. The first-order valence-electron chi connectivity index (χ1n) is 8.91. The van der Waals surface area contributed by atoms with Gasteiger partial charge in [-0.3, -0.25) is 9.69 Å². The summed E-state index contributed by atoms with van der Waals surface area (Å²) < 4.78 is 5.32. The van der Waals surface area contributed by atoms with Gasteiger partial charge in [-0.25, -0.2) is 0 Å². The van der Waals surface area contributed by atoms with E-state index >= 15 is 0 Å². The first-order chi connectivity index (χ1) is 10.9. The number of carbonyl (C=O) groups excluding carboxylic acids is 1. The number of likely N-dealkylation sites (tertiary alicyclic amines) is 1. The van der Waals surface area contributed by atoms with Gasteiger partial charge in [0.25, 0.3) is 0 Å². The van der Waals surface area contributed by atoms with Crippen LogP contribution in [0.4, 0.5) is 0 Å². The fourth-order valence-corrected chi connectivity index (χ4v) is 3.40. The Morgan fingerprint density at radius 1 is 1.26 bits per heavy atom. The smallest absolute Gasteiger partial charge is 0.223 e. The van der Waals surface area contributed by atoms with Crippen LogP contribution in [0.25, 0.3) is 0 Å². The van der Waals surface area contributed by atoms with Crippen molar-refractivity contribution < 1.29 is 14.6 Å². The number of β-amino-alcohol motifs (C(OH)–C–C–N with tert-alkyl or cyclic N) is 1. The Morgan fingerprint density at radius 2 is 1.87 bits per heavy atom. The zero-order chi connectivity index (χ0) is 16.9. The monoisotopic (exact) mass is 327 g/mol. The molecule has 134 valence electrons. The van der Waals surface area contributed by atoms with Gasteiger partial charge in [-0.15, -0.1) is 0 Å². The molecule has 2 aliphatic rings. The number of nitrogens with zero attached hydrogens (tertiary/aromatic N) is 2. The van der Waals surface area contributed by atoms with E-state index in [1.807, 2.05) is 0 Å². The number of nitrogens with one attached hydrogen (secondary N) is 1. The van der Waals surface area contributed by atoms with E-state index in [0.717, 1.165) is 52.2 Å². The molecule has 2 N–H and O–H groups in total. The average Bonchev–Trinajstić information content (AvgIpc) is 2.53. The van der Waals surface area contributed by atoms with Crippen LogP contribution in [0.1, 0.15) is 33.6 Å². The SMILES string of the molecule is CC(C)N1CCC(C(=O)NCC(C)(O)CN2CCOCC2)CC1. The minimum atomic E-state index is -0.897. The molecule has 0 spiro atoms. The summed E-state index contributed by atoms with van der Waals surface area (Å²) in [5.41, 5.74) is -0.897. The third kappa shape index (κ3) is 6.03. The lowest BCUT2D eigenvalue weighted by Crippen LogP contribution is -2.52. The number of hydrogen-bond acceptors (Lipinski definition) is 5. The summed E-state index contributed by atoms with van der Waals surface area (Å²) >= 11 is 0. The van der Waals surface area contributed by atoms with Crippen LogP contribution >= 0.6 is 0 Å². The van der Waals surface area contributed by atoms with E-state index in [0.29, 0.717) is 19.1 Å². The largest absolute Gasteiger partial charge is 0.387 e. The molecule has 0 aromatic carbocycles. The molecule has 0 aromatic rings. The topological polar surface area (TPSA) is 65.0 Å². The Hall–Kier alpha value is -0.690.